The number of hydrogen-bond acceptors (Lipinski definition) is 8. The molecule has 1 amide bonds. The maximum absolute atomic E-state index is 11.7. The van der Waals surface area contributed by atoms with Gasteiger partial charge in [-0.25, -0.2) is 0 Å². The Labute approximate surface area is 191 Å². The van der Waals surface area contributed by atoms with Gasteiger partial charge < -0.3 is 34.7 Å². The number of ketones is 1. The van der Waals surface area contributed by atoms with Gasteiger partial charge in [0, 0.05) is 26.2 Å². The third-order valence-electron chi connectivity index (χ3n) is 4.32. The zero-order valence-electron chi connectivity index (χ0n) is 19.7. The molecule has 10 nitrogen and oxygen atoms in total. The first kappa shape index (κ1) is 30.4. The van der Waals surface area contributed by atoms with Crippen molar-refractivity contribution in [1.29, 1.82) is 0 Å². The Bertz CT molecular complexity index is 491. The summed E-state index contributed by atoms with van der Waals surface area (Å²) in [6.07, 6.45) is 3.93. The van der Waals surface area contributed by atoms with Crippen LogP contribution in [0.25, 0.3) is 0 Å². The maximum Gasteiger partial charge on any atom is 0.320 e. The van der Waals surface area contributed by atoms with Gasteiger partial charge in [-0.1, -0.05) is 13.8 Å². The van der Waals surface area contributed by atoms with Gasteiger partial charge in [0.2, 0.25) is 5.91 Å². The summed E-state index contributed by atoms with van der Waals surface area (Å²) in [4.78, 5) is 34.3. The number of carboxylic acids is 1. The summed E-state index contributed by atoms with van der Waals surface area (Å²) in [7, 11) is 0. The lowest BCUT2D eigenvalue weighted by Gasteiger charge is -2.12. The van der Waals surface area contributed by atoms with E-state index in [0.717, 1.165) is 6.42 Å². The van der Waals surface area contributed by atoms with Gasteiger partial charge in [0.15, 0.2) is 5.78 Å². The Hall–Kier alpha value is -1.59. The van der Waals surface area contributed by atoms with Gasteiger partial charge in [-0.15, -0.1) is 0 Å². The van der Waals surface area contributed by atoms with E-state index in [1.807, 2.05) is 13.8 Å². The molecule has 0 aliphatic carbocycles. The van der Waals surface area contributed by atoms with Crippen LogP contribution in [0.1, 0.15) is 52.4 Å². The Kier molecular flexibility index (Phi) is 21.5. The third kappa shape index (κ3) is 20.3. The van der Waals surface area contributed by atoms with Crippen LogP contribution in [0.4, 0.5) is 0 Å². The van der Waals surface area contributed by atoms with Crippen molar-refractivity contribution in [1.82, 2.24) is 10.6 Å². The minimum Gasteiger partial charge on any atom is -0.480 e. The molecule has 188 valence electrons. The van der Waals surface area contributed by atoms with Gasteiger partial charge in [0.1, 0.15) is 19.3 Å². The number of Topliss-reactive ketones (excluding diaryl/α,β-unsaturated/α-hetero) is 1. The van der Waals surface area contributed by atoms with Crippen LogP contribution in [0.5, 0.6) is 0 Å². The number of hydrogen-bond donors (Lipinski definition) is 3. The molecule has 0 unspecified atom stereocenters. The predicted octanol–water partition coefficient (Wildman–Crippen LogP) is 1.16. The molecule has 10 heteroatoms. The third-order valence-corrected chi connectivity index (χ3v) is 4.32. The molecule has 0 bridgehead atoms. The van der Waals surface area contributed by atoms with Crippen LogP contribution in [0.2, 0.25) is 0 Å². The van der Waals surface area contributed by atoms with E-state index in [9.17, 15) is 14.4 Å². The van der Waals surface area contributed by atoms with Crippen LogP contribution in [0.3, 0.4) is 0 Å². The van der Waals surface area contributed by atoms with E-state index in [-0.39, 0.29) is 24.9 Å². The largest absolute Gasteiger partial charge is 0.480 e. The number of nitrogens with one attached hydrogen (secondary N) is 2. The summed E-state index contributed by atoms with van der Waals surface area (Å²) in [6, 6.07) is -0.541. The van der Waals surface area contributed by atoms with Gasteiger partial charge in [-0.2, -0.15) is 0 Å². The molecule has 32 heavy (non-hydrogen) atoms. The topological polar surface area (TPSA) is 132 Å². The van der Waals surface area contributed by atoms with E-state index in [1.54, 1.807) is 0 Å². The number of carboxylic acid groups (broad SMARTS) is 1. The van der Waals surface area contributed by atoms with E-state index >= 15 is 0 Å². The van der Waals surface area contributed by atoms with Crippen LogP contribution >= 0.6 is 0 Å². The molecule has 0 aliphatic heterocycles. The number of likely N-dealkylation sites (N-methyl/N-ethyl adjacent to an activating group) is 1. The molecule has 0 aliphatic rings. The molecule has 0 saturated heterocycles. The van der Waals surface area contributed by atoms with Gasteiger partial charge in [-0.05, 0) is 38.6 Å². The van der Waals surface area contributed by atoms with Crippen LogP contribution in [0, 0.1) is 0 Å². The number of carbonyl (C=O) groups is 3. The smallest absolute Gasteiger partial charge is 0.320 e. The molecular weight excluding hydrogens is 420 g/mol. The fraction of sp³-hybridized carbons (Fsp3) is 0.864. The van der Waals surface area contributed by atoms with Gasteiger partial charge in [-0.3, -0.25) is 14.4 Å². The van der Waals surface area contributed by atoms with Crippen LogP contribution in [-0.4, -0.2) is 94.8 Å². The average molecular weight is 463 g/mol. The van der Waals surface area contributed by atoms with E-state index in [4.69, 9.17) is 24.1 Å². The van der Waals surface area contributed by atoms with E-state index in [2.05, 4.69) is 10.6 Å². The number of carbonyl (C=O) groups excluding carboxylic acids is 2. The van der Waals surface area contributed by atoms with Crippen molar-refractivity contribution in [3.8, 4) is 0 Å². The van der Waals surface area contributed by atoms with Gasteiger partial charge in [0.25, 0.3) is 0 Å². The van der Waals surface area contributed by atoms with Crippen molar-refractivity contribution in [2.75, 3.05) is 65.9 Å². The summed E-state index contributed by atoms with van der Waals surface area (Å²) in [5.74, 6) is -1.02. The van der Waals surface area contributed by atoms with E-state index in [0.29, 0.717) is 84.8 Å². The lowest BCUT2D eigenvalue weighted by Crippen LogP contribution is -2.36. The SMILES string of the molecule is CCCOCCOCC(=O)CCCOCCOCC(=O)NCCCC[C@H](NCC)C(=O)O. The maximum atomic E-state index is 11.7. The van der Waals surface area contributed by atoms with Gasteiger partial charge in [0.05, 0.1) is 26.4 Å². The first-order valence-corrected chi connectivity index (χ1v) is 11.6. The van der Waals surface area contributed by atoms with Crippen molar-refractivity contribution in [3.63, 3.8) is 0 Å². The summed E-state index contributed by atoms with van der Waals surface area (Å²) in [5.41, 5.74) is 0. The summed E-state index contributed by atoms with van der Waals surface area (Å²) in [5, 5.41) is 14.7. The Morgan fingerprint density at radius 3 is 2.12 bits per heavy atom. The number of unbranched alkanes of at least 4 members (excludes halogenated alkanes) is 1. The summed E-state index contributed by atoms with van der Waals surface area (Å²) < 4.78 is 21.1. The Balaban J connectivity index is 3.42. The first-order chi connectivity index (χ1) is 15.5. The lowest BCUT2D eigenvalue weighted by atomic mass is 10.1. The fourth-order valence-electron chi connectivity index (χ4n) is 2.69. The van der Waals surface area contributed by atoms with Crippen molar-refractivity contribution < 1.29 is 38.4 Å². The molecule has 0 fully saturated rings. The molecule has 0 heterocycles. The van der Waals surface area contributed by atoms with Crippen LogP contribution < -0.4 is 10.6 Å². The van der Waals surface area contributed by atoms with Crippen LogP contribution in [-0.2, 0) is 33.3 Å². The fourth-order valence-corrected chi connectivity index (χ4v) is 2.69. The second-order valence-corrected chi connectivity index (χ2v) is 7.27. The van der Waals surface area contributed by atoms with E-state index < -0.39 is 12.0 Å². The second kappa shape index (κ2) is 22.6. The number of ether oxygens (including phenoxy) is 4. The predicted molar refractivity (Wildman–Crippen MR) is 120 cm³/mol. The number of rotatable bonds is 24. The summed E-state index contributed by atoms with van der Waals surface area (Å²) >= 11 is 0. The monoisotopic (exact) mass is 462 g/mol. The molecule has 0 rings (SSSR count). The van der Waals surface area contributed by atoms with Crippen molar-refractivity contribution in [2.24, 2.45) is 0 Å². The molecule has 0 aromatic carbocycles. The second-order valence-electron chi connectivity index (χ2n) is 7.27. The highest BCUT2D eigenvalue weighted by atomic mass is 16.5. The van der Waals surface area contributed by atoms with E-state index in [1.165, 1.54) is 0 Å². The highest BCUT2D eigenvalue weighted by Gasteiger charge is 2.14. The standard InChI is InChI=1S/C22H42N2O8/c1-3-11-29-13-15-31-17-19(25)8-7-12-30-14-16-32-18-21(26)24-10-6-5-9-20(22(27)28)23-4-2/h20,23H,3-18H2,1-2H3,(H,24,26)(H,27,28)/t20-/m0/s1. The highest BCUT2D eigenvalue weighted by molar-refractivity contribution is 5.79. The number of amides is 1. The minimum absolute atomic E-state index is 0.0390. The molecule has 0 saturated carbocycles. The Morgan fingerprint density at radius 1 is 0.812 bits per heavy atom. The zero-order chi connectivity index (χ0) is 23.9. The highest BCUT2D eigenvalue weighted by Crippen LogP contribution is 2.01. The molecular formula is C22H42N2O8. The average Bonchev–Trinajstić information content (AvgIpc) is 2.76. The van der Waals surface area contributed by atoms with Crippen LogP contribution in [0.15, 0.2) is 0 Å². The molecule has 3 N–H and O–H groups in total. The van der Waals surface area contributed by atoms with Gasteiger partial charge >= 0.3 is 5.97 Å². The Morgan fingerprint density at radius 2 is 1.47 bits per heavy atom. The normalized spacial score (nSPS) is 11.9. The summed E-state index contributed by atoms with van der Waals surface area (Å²) in [6.45, 7) is 7.79. The first-order valence-electron chi connectivity index (χ1n) is 11.6. The van der Waals surface area contributed by atoms with Crippen molar-refractivity contribution >= 4 is 17.7 Å². The lowest BCUT2D eigenvalue weighted by molar-refractivity contribution is -0.139. The molecule has 0 aromatic heterocycles. The molecule has 0 aromatic rings. The van der Waals surface area contributed by atoms with Crippen molar-refractivity contribution in [3.05, 3.63) is 0 Å². The molecule has 0 spiro atoms. The minimum atomic E-state index is -0.851. The number of aliphatic carboxylic acids is 1. The zero-order valence-corrected chi connectivity index (χ0v) is 19.7. The van der Waals surface area contributed by atoms with Crippen molar-refractivity contribution in [2.45, 2.75) is 58.4 Å². The quantitative estimate of drug-likeness (QED) is 0.181. The molecule has 1 atom stereocenters. The molecule has 0 radical (unpaired) electrons.